The van der Waals surface area contributed by atoms with Crippen molar-refractivity contribution >= 4 is 0 Å². The second-order valence-corrected chi connectivity index (χ2v) is 15.5. The molecule has 2 aromatic carbocycles. The van der Waals surface area contributed by atoms with E-state index in [0.717, 1.165) is 62.9 Å². The maximum Gasteiger partial charge on any atom is 0.149 e. The highest BCUT2D eigenvalue weighted by Gasteiger charge is 2.59. The zero-order valence-corrected chi connectivity index (χ0v) is 25.9. The average molecular weight is 605 g/mol. The van der Waals surface area contributed by atoms with Crippen LogP contribution in [0.25, 0.3) is 0 Å². The van der Waals surface area contributed by atoms with Crippen molar-refractivity contribution in [1.29, 1.82) is 0 Å². The van der Waals surface area contributed by atoms with E-state index in [0.29, 0.717) is 48.3 Å². The van der Waals surface area contributed by atoms with Crippen LogP contribution in [0.2, 0.25) is 0 Å². The summed E-state index contributed by atoms with van der Waals surface area (Å²) in [4.78, 5) is 11.6. The highest BCUT2D eigenvalue weighted by molar-refractivity contribution is 5.42. The second kappa shape index (κ2) is 10.7. The van der Waals surface area contributed by atoms with Gasteiger partial charge in [-0.1, -0.05) is 37.2 Å². The summed E-state index contributed by atoms with van der Waals surface area (Å²) < 4.78 is 0. The molecule has 0 aliphatic heterocycles. The SMILES string of the molecule is C[C@]12CCC3c4ccc(ONNOc5ccc6c(c5)CCC5C6CC[C@@]6(C)C5C[C@@H](O)[C@@H]6O)cc4CCC3C1C[C@@H](O)[C@@H]2O. The molecule has 0 radical (unpaired) electrons. The molecule has 12 atom stereocenters. The van der Waals surface area contributed by atoms with Crippen LogP contribution in [0.3, 0.4) is 0 Å². The Bertz CT molecular complexity index is 1310. The molecular weight excluding hydrogens is 556 g/mol. The van der Waals surface area contributed by atoms with Gasteiger partial charge in [0.1, 0.15) is 11.5 Å². The van der Waals surface area contributed by atoms with Gasteiger partial charge in [-0.2, -0.15) is 0 Å². The van der Waals surface area contributed by atoms with Crippen LogP contribution in [0.4, 0.5) is 0 Å². The summed E-state index contributed by atoms with van der Waals surface area (Å²) in [6.45, 7) is 4.36. The van der Waals surface area contributed by atoms with Gasteiger partial charge >= 0.3 is 0 Å². The van der Waals surface area contributed by atoms with E-state index in [1.54, 1.807) is 0 Å². The molecule has 8 rings (SSSR count). The van der Waals surface area contributed by atoms with Crippen LogP contribution >= 0.6 is 0 Å². The summed E-state index contributed by atoms with van der Waals surface area (Å²) >= 11 is 0. The van der Waals surface area contributed by atoms with E-state index in [4.69, 9.17) is 9.68 Å². The van der Waals surface area contributed by atoms with Crippen molar-refractivity contribution in [3.63, 3.8) is 0 Å². The van der Waals surface area contributed by atoms with Crippen molar-refractivity contribution in [2.45, 2.75) is 114 Å². The zero-order chi connectivity index (χ0) is 30.4. The average Bonchev–Trinajstić information content (AvgIpc) is 3.41. The van der Waals surface area contributed by atoms with Gasteiger partial charge < -0.3 is 30.1 Å². The van der Waals surface area contributed by atoms with Crippen LogP contribution in [0.5, 0.6) is 11.5 Å². The van der Waals surface area contributed by atoms with Crippen molar-refractivity contribution in [1.82, 2.24) is 11.2 Å². The molecule has 6 aliphatic carbocycles. The highest BCUT2D eigenvalue weighted by Crippen LogP contribution is 2.62. The molecule has 238 valence electrons. The first-order valence-electron chi connectivity index (χ1n) is 17.0. The highest BCUT2D eigenvalue weighted by atomic mass is 16.8. The van der Waals surface area contributed by atoms with Crippen molar-refractivity contribution < 1.29 is 30.1 Å². The van der Waals surface area contributed by atoms with Gasteiger partial charge in [-0.25, -0.2) is 0 Å². The van der Waals surface area contributed by atoms with Crippen LogP contribution < -0.4 is 20.9 Å². The summed E-state index contributed by atoms with van der Waals surface area (Å²) in [5, 5.41) is 42.2. The molecule has 44 heavy (non-hydrogen) atoms. The first-order valence-corrected chi connectivity index (χ1v) is 17.0. The maximum atomic E-state index is 10.7. The number of benzene rings is 2. The first-order chi connectivity index (χ1) is 21.2. The lowest BCUT2D eigenvalue weighted by Crippen LogP contribution is -2.44. The molecular formula is C36H48N2O6. The van der Waals surface area contributed by atoms with Gasteiger partial charge in [0, 0.05) is 0 Å². The molecule has 8 nitrogen and oxygen atoms in total. The Kier molecular flexibility index (Phi) is 7.09. The summed E-state index contributed by atoms with van der Waals surface area (Å²) in [5.74, 6) is 4.18. The second-order valence-electron chi connectivity index (χ2n) is 15.5. The molecule has 0 bridgehead atoms. The molecule has 0 spiro atoms. The quantitative estimate of drug-likeness (QED) is 0.219. The smallest absolute Gasteiger partial charge is 0.149 e. The van der Waals surface area contributed by atoms with Crippen molar-refractivity contribution in [3.8, 4) is 11.5 Å². The number of nitrogens with one attached hydrogen (secondary N) is 2. The van der Waals surface area contributed by atoms with Gasteiger partial charge in [0.2, 0.25) is 0 Å². The summed E-state index contributed by atoms with van der Waals surface area (Å²) in [7, 11) is 0. The number of hydrogen-bond donors (Lipinski definition) is 6. The lowest BCUT2D eigenvalue weighted by atomic mass is 9.55. The largest absolute Gasteiger partial charge is 0.391 e. The zero-order valence-electron chi connectivity index (χ0n) is 25.9. The van der Waals surface area contributed by atoms with E-state index in [-0.39, 0.29) is 10.8 Å². The lowest BCUT2D eigenvalue weighted by molar-refractivity contribution is -0.0505. The molecule has 0 heterocycles. The van der Waals surface area contributed by atoms with Crippen LogP contribution in [0.15, 0.2) is 36.4 Å². The van der Waals surface area contributed by atoms with Crippen LogP contribution in [0.1, 0.15) is 99.3 Å². The minimum atomic E-state index is -0.605. The molecule has 6 unspecified atom stereocenters. The molecule has 4 fully saturated rings. The van der Waals surface area contributed by atoms with Crippen LogP contribution in [-0.2, 0) is 12.8 Å². The Morgan fingerprint density at radius 3 is 1.50 bits per heavy atom. The Morgan fingerprint density at radius 1 is 0.636 bits per heavy atom. The maximum absolute atomic E-state index is 10.7. The predicted octanol–water partition coefficient (Wildman–Crippen LogP) is 4.44. The topological polar surface area (TPSA) is 123 Å². The molecule has 0 amide bonds. The summed E-state index contributed by atoms with van der Waals surface area (Å²) in [5.41, 5.74) is 10.6. The molecule has 8 heteroatoms. The van der Waals surface area contributed by atoms with Crippen molar-refractivity contribution in [2.75, 3.05) is 0 Å². The van der Waals surface area contributed by atoms with E-state index in [1.165, 1.54) is 22.3 Å². The summed E-state index contributed by atoms with van der Waals surface area (Å²) in [6, 6.07) is 12.7. The van der Waals surface area contributed by atoms with E-state index < -0.39 is 24.4 Å². The molecule has 0 aromatic heterocycles. The van der Waals surface area contributed by atoms with Gasteiger partial charge in [0.25, 0.3) is 0 Å². The molecule has 6 N–H and O–H groups in total. The van der Waals surface area contributed by atoms with Crippen molar-refractivity contribution in [3.05, 3.63) is 58.7 Å². The lowest BCUT2D eigenvalue weighted by Gasteiger charge is -2.49. The van der Waals surface area contributed by atoms with E-state index in [2.05, 4.69) is 49.3 Å². The van der Waals surface area contributed by atoms with Crippen LogP contribution in [0, 0.1) is 34.5 Å². The van der Waals surface area contributed by atoms with E-state index >= 15 is 0 Å². The Hall–Kier alpha value is -2.20. The fourth-order valence-electron chi connectivity index (χ4n) is 11.4. The molecule has 4 saturated carbocycles. The van der Waals surface area contributed by atoms with Gasteiger partial charge in [0.15, 0.2) is 0 Å². The monoisotopic (exact) mass is 604 g/mol. The minimum Gasteiger partial charge on any atom is -0.391 e. The van der Waals surface area contributed by atoms with Gasteiger partial charge in [-0.3, -0.25) is 0 Å². The number of aryl methyl sites for hydroxylation is 2. The molecule has 2 aromatic rings. The first kappa shape index (κ1) is 29.2. The van der Waals surface area contributed by atoms with Crippen molar-refractivity contribution in [2.24, 2.45) is 34.5 Å². The standard InChI is InChI=1S/C36H48N2O6/c1-35-13-11-25-23-9-5-21(15-19(23)3-7-27(25)29(35)17-31(39)33(35)41)43-37-38-44-22-6-10-24-20(16-22)4-8-28-26(24)12-14-36(2)30(28)18-32(40)34(36)42/h5-6,9-10,15-16,25-34,37-42H,3-4,7-8,11-14,17-18H2,1-2H3/t25?,26?,27?,28?,29?,30?,31-,32-,33+,34+,35+,36+/m1/s1. The fraction of sp³-hybridized carbons (Fsp3) is 0.667. The molecule has 0 saturated heterocycles. The molecule has 6 aliphatic rings. The minimum absolute atomic E-state index is 0.167. The van der Waals surface area contributed by atoms with Crippen LogP contribution in [-0.4, -0.2) is 44.8 Å². The Morgan fingerprint density at radius 2 is 1.07 bits per heavy atom. The number of hydrogen-bond acceptors (Lipinski definition) is 8. The number of aliphatic hydroxyl groups excluding tert-OH is 4. The Labute approximate surface area is 260 Å². The third-order valence-electron chi connectivity index (χ3n) is 13.7. The van der Waals surface area contributed by atoms with Gasteiger partial charge in [-0.15, -0.1) is 0 Å². The number of aliphatic hydroxyl groups is 4. The van der Waals surface area contributed by atoms with Gasteiger partial charge in [-0.05, 0) is 157 Å². The third kappa shape index (κ3) is 4.39. The number of rotatable bonds is 5. The van der Waals surface area contributed by atoms with Gasteiger partial charge in [0.05, 0.1) is 24.4 Å². The normalized spacial score (nSPS) is 43.6. The Balaban J connectivity index is 0.871. The summed E-state index contributed by atoms with van der Waals surface area (Å²) in [6.07, 6.45) is 7.17. The number of fused-ring (bicyclic) bond motifs is 10. The predicted molar refractivity (Wildman–Crippen MR) is 164 cm³/mol. The fourth-order valence-corrected chi connectivity index (χ4v) is 11.4. The number of hydrazine groups is 1. The van der Waals surface area contributed by atoms with E-state index in [1.807, 2.05) is 12.1 Å². The third-order valence-corrected chi connectivity index (χ3v) is 13.7. The van der Waals surface area contributed by atoms with E-state index in [9.17, 15) is 20.4 Å².